The number of carbonyl (C=O) groups excluding carboxylic acids is 2. The summed E-state index contributed by atoms with van der Waals surface area (Å²) in [6.45, 7) is 0.259. The molecule has 4 atom stereocenters. The smallest absolute Gasteiger partial charge is 0.407 e. The molecular formula is C27H28N2O5. The van der Waals surface area contributed by atoms with Gasteiger partial charge in [0.2, 0.25) is 5.91 Å². The molecule has 5 rings (SSSR count). The minimum absolute atomic E-state index is 0.00866. The largest absolute Gasteiger partial charge is 0.481 e. The summed E-state index contributed by atoms with van der Waals surface area (Å²) in [5, 5.41) is 14.9. The fraction of sp³-hybridized carbons (Fsp3) is 0.370. The van der Waals surface area contributed by atoms with E-state index in [4.69, 9.17) is 9.84 Å². The molecule has 0 saturated heterocycles. The van der Waals surface area contributed by atoms with Crippen LogP contribution >= 0.6 is 0 Å². The van der Waals surface area contributed by atoms with Crippen LogP contribution in [0.2, 0.25) is 0 Å². The number of rotatable bonds is 6. The third-order valence-electron chi connectivity index (χ3n) is 7.20. The summed E-state index contributed by atoms with van der Waals surface area (Å²) in [6.07, 6.45) is 5.24. The SMILES string of the molecule is O=C(N[C@@H]1CC[C@H](C(=O)NC2C=CC(C(=O)O)C2)C1)OCC1c2ccccc2-c2ccccc21. The second-order valence-electron chi connectivity index (χ2n) is 9.36. The fourth-order valence-corrected chi connectivity index (χ4v) is 5.45. The number of aliphatic carboxylic acids is 1. The fourth-order valence-electron chi connectivity index (χ4n) is 5.45. The van der Waals surface area contributed by atoms with Crippen molar-refractivity contribution in [2.75, 3.05) is 6.61 Å². The Bertz CT molecular complexity index is 1100. The quantitative estimate of drug-likeness (QED) is 0.568. The van der Waals surface area contributed by atoms with E-state index in [0.29, 0.717) is 25.7 Å². The first-order chi connectivity index (χ1) is 16.5. The summed E-state index contributed by atoms with van der Waals surface area (Å²) in [5.41, 5.74) is 4.70. The van der Waals surface area contributed by atoms with Crippen LogP contribution in [0.4, 0.5) is 4.79 Å². The van der Waals surface area contributed by atoms with Crippen molar-refractivity contribution in [2.24, 2.45) is 11.8 Å². The number of carbonyl (C=O) groups is 3. The Labute approximate surface area is 198 Å². The molecule has 0 aliphatic heterocycles. The molecule has 3 N–H and O–H groups in total. The third kappa shape index (κ3) is 4.42. The van der Waals surface area contributed by atoms with Gasteiger partial charge in [0.25, 0.3) is 0 Å². The van der Waals surface area contributed by atoms with E-state index in [9.17, 15) is 14.4 Å². The molecule has 1 fully saturated rings. The lowest BCUT2D eigenvalue weighted by atomic mass is 9.98. The minimum atomic E-state index is -0.874. The zero-order chi connectivity index (χ0) is 23.7. The van der Waals surface area contributed by atoms with Crippen LogP contribution in [0.25, 0.3) is 11.1 Å². The van der Waals surface area contributed by atoms with Crippen LogP contribution in [0.5, 0.6) is 0 Å². The Morgan fingerprint density at radius 1 is 0.882 bits per heavy atom. The highest BCUT2D eigenvalue weighted by molar-refractivity contribution is 5.81. The van der Waals surface area contributed by atoms with E-state index in [2.05, 4.69) is 34.9 Å². The highest BCUT2D eigenvalue weighted by Gasteiger charge is 2.34. The number of carboxylic acid groups (broad SMARTS) is 1. The maximum absolute atomic E-state index is 12.6. The van der Waals surface area contributed by atoms with Crippen molar-refractivity contribution in [3.63, 3.8) is 0 Å². The maximum Gasteiger partial charge on any atom is 0.407 e. The number of carboxylic acids is 1. The number of hydrogen-bond acceptors (Lipinski definition) is 4. The van der Waals surface area contributed by atoms with Gasteiger partial charge in [-0.2, -0.15) is 0 Å². The van der Waals surface area contributed by atoms with Gasteiger partial charge in [-0.25, -0.2) is 4.79 Å². The highest BCUT2D eigenvalue weighted by atomic mass is 16.5. The summed E-state index contributed by atoms with van der Waals surface area (Å²) in [4.78, 5) is 36.2. The van der Waals surface area contributed by atoms with Gasteiger partial charge in [-0.05, 0) is 47.9 Å². The van der Waals surface area contributed by atoms with Crippen molar-refractivity contribution in [1.29, 1.82) is 0 Å². The number of ether oxygens (including phenoxy) is 1. The monoisotopic (exact) mass is 460 g/mol. The van der Waals surface area contributed by atoms with Gasteiger partial charge < -0.3 is 20.5 Å². The highest BCUT2D eigenvalue weighted by Crippen LogP contribution is 2.44. The average Bonchev–Trinajstić information content (AvgIpc) is 3.56. The van der Waals surface area contributed by atoms with Crippen molar-refractivity contribution in [2.45, 2.75) is 43.7 Å². The number of fused-ring (bicyclic) bond motifs is 3. The summed E-state index contributed by atoms with van der Waals surface area (Å²) < 4.78 is 5.62. The summed E-state index contributed by atoms with van der Waals surface area (Å²) >= 11 is 0. The van der Waals surface area contributed by atoms with E-state index < -0.39 is 18.0 Å². The predicted molar refractivity (Wildman–Crippen MR) is 126 cm³/mol. The van der Waals surface area contributed by atoms with Crippen LogP contribution in [-0.2, 0) is 14.3 Å². The number of alkyl carbamates (subject to hydrolysis) is 1. The molecular weight excluding hydrogens is 432 g/mol. The summed E-state index contributed by atoms with van der Waals surface area (Å²) in [7, 11) is 0. The first-order valence-electron chi connectivity index (χ1n) is 11.8. The third-order valence-corrected chi connectivity index (χ3v) is 7.20. The van der Waals surface area contributed by atoms with Gasteiger partial charge in [0, 0.05) is 23.9 Å². The van der Waals surface area contributed by atoms with Gasteiger partial charge in [-0.1, -0.05) is 60.7 Å². The van der Waals surface area contributed by atoms with E-state index in [-0.39, 0.29) is 36.4 Å². The lowest BCUT2D eigenvalue weighted by molar-refractivity contribution is -0.140. The molecule has 2 aromatic carbocycles. The lowest BCUT2D eigenvalue weighted by Gasteiger charge is -2.18. The first-order valence-corrected chi connectivity index (χ1v) is 11.8. The summed E-state index contributed by atoms with van der Waals surface area (Å²) in [5.74, 6) is -1.69. The van der Waals surface area contributed by atoms with Crippen LogP contribution in [0.1, 0.15) is 42.7 Å². The molecule has 1 saturated carbocycles. The Hall–Kier alpha value is -3.61. The number of nitrogens with one attached hydrogen (secondary N) is 2. The van der Waals surface area contributed by atoms with Crippen LogP contribution < -0.4 is 10.6 Å². The van der Waals surface area contributed by atoms with Gasteiger partial charge in [0.1, 0.15) is 6.61 Å². The van der Waals surface area contributed by atoms with Crippen LogP contribution in [0.3, 0.4) is 0 Å². The molecule has 3 aliphatic rings. The van der Waals surface area contributed by atoms with Gasteiger partial charge in [-0.15, -0.1) is 0 Å². The minimum Gasteiger partial charge on any atom is -0.481 e. The zero-order valence-corrected chi connectivity index (χ0v) is 18.8. The zero-order valence-electron chi connectivity index (χ0n) is 18.8. The Balaban J connectivity index is 1.11. The second-order valence-corrected chi connectivity index (χ2v) is 9.36. The molecule has 7 heteroatoms. The van der Waals surface area contributed by atoms with E-state index in [1.54, 1.807) is 12.2 Å². The normalized spacial score (nSPS) is 24.9. The number of hydrogen-bond donors (Lipinski definition) is 3. The molecule has 7 nitrogen and oxygen atoms in total. The number of amides is 2. The molecule has 176 valence electrons. The molecule has 2 aromatic rings. The Kier molecular flexibility index (Phi) is 6.09. The molecule has 34 heavy (non-hydrogen) atoms. The Morgan fingerprint density at radius 2 is 1.56 bits per heavy atom. The molecule has 0 heterocycles. The van der Waals surface area contributed by atoms with E-state index in [0.717, 1.165) is 0 Å². The first kappa shape index (κ1) is 22.2. The van der Waals surface area contributed by atoms with E-state index in [1.807, 2.05) is 24.3 Å². The van der Waals surface area contributed by atoms with Gasteiger partial charge in [0.05, 0.1) is 5.92 Å². The molecule has 2 amide bonds. The van der Waals surface area contributed by atoms with Crippen LogP contribution in [0, 0.1) is 11.8 Å². The predicted octanol–water partition coefficient (Wildman–Crippen LogP) is 3.84. The molecule has 0 bridgehead atoms. The lowest BCUT2D eigenvalue weighted by Crippen LogP contribution is -2.38. The van der Waals surface area contributed by atoms with E-state index in [1.165, 1.54) is 22.3 Å². The van der Waals surface area contributed by atoms with E-state index >= 15 is 0 Å². The molecule has 0 spiro atoms. The molecule has 0 radical (unpaired) electrons. The van der Waals surface area contributed by atoms with Crippen molar-refractivity contribution in [3.05, 3.63) is 71.8 Å². The maximum atomic E-state index is 12.6. The molecule has 0 aromatic heterocycles. The molecule has 2 unspecified atom stereocenters. The van der Waals surface area contributed by atoms with Crippen molar-refractivity contribution < 1.29 is 24.2 Å². The van der Waals surface area contributed by atoms with Gasteiger partial charge >= 0.3 is 12.1 Å². The second kappa shape index (κ2) is 9.33. The molecule has 3 aliphatic carbocycles. The Morgan fingerprint density at radius 3 is 2.21 bits per heavy atom. The van der Waals surface area contributed by atoms with Gasteiger partial charge in [0.15, 0.2) is 0 Å². The van der Waals surface area contributed by atoms with Crippen LogP contribution in [-0.4, -0.2) is 41.8 Å². The standard InChI is InChI=1S/C27H28N2O5/c30-25(28-18-12-10-17(14-18)26(31)32)16-9-11-19(13-16)29-27(33)34-15-24-22-7-3-1-5-20(22)21-6-2-4-8-23(21)24/h1-8,10,12,16-19,24H,9,11,13-15H2,(H,28,30)(H,29,33)(H,31,32)/t16-,17?,18?,19+/m0/s1. The average molecular weight is 461 g/mol. The van der Waals surface area contributed by atoms with Crippen molar-refractivity contribution >= 4 is 18.0 Å². The van der Waals surface area contributed by atoms with Gasteiger partial charge in [-0.3, -0.25) is 9.59 Å². The van der Waals surface area contributed by atoms with Crippen molar-refractivity contribution in [1.82, 2.24) is 10.6 Å². The summed E-state index contributed by atoms with van der Waals surface area (Å²) in [6, 6.07) is 16.0. The topological polar surface area (TPSA) is 105 Å². The van der Waals surface area contributed by atoms with Crippen molar-refractivity contribution in [3.8, 4) is 11.1 Å². The van der Waals surface area contributed by atoms with Crippen LogP contribution in [0.15, 0.2) is 60.7 Å². The number of benzene rings is 2.